The maximum Gasteiger partial charge on any atom is 0.262 e. The molecule has 0 spiro atoms. The number of hydrogen-bond acceptors (Lipinski definition) is 4. The van der Waals surface area contributed by atoms with Gasteiger partial charge in [0.25, 0.3) is 11.8 Å². The van der Waals surface area contributed by atoms with Crippen LogP contribution >= 0.6 is 0 Å². The van der Waals surface area contributed by atoms with Crippen LogP contribution < -0.4 is 5.32 Å². The molecule has 1 aliphatic rings. The summed E-state index contributed by atoms with van der Waals surface area (Å²) >= 11 is 0. The molecule has 0 fully saturated rings. The largest absolute Gasteiger partial charge is 0.344 e. The normalized spacial score (nSPS) is 14.3. The van der Waals surface area contributed by atoms with Crippen molar-refractivity contribution in [2.45, 2.75) is 31.8 Å². The molecule has 1 N–H and O–H groups in total. The number of rotatable bonds is 6. The minimum atomic E-state index is -0.988. The van der Waals surface area contributed by atoms with Crippen LogP contribution in [-0.2, 0) is 16.8 Å². The molecule has 3 aromatic rings. The molecule has 2 aromatic carbocycles. The molecule has 6 heteroatoms. The van der Waals surface area contributed by atoms with Crippen molar-refractivity contribution in [1.82, 2.24) is 15.2 Å². The Balaban J connectivity index is 1.68. The first-order chi connectivity index (χ1) is 14.9. The van der Waals surface area contributed by atoms with Crippen LogP contribution in [0.1, 0.15) is 45.8 Å². The number of fused-ring (bicyclic) bond motifs is 1. The molecule has 0 bridgehead atoms. The van der Waals surface area contributed by atoms with E-state index >= 15 is 0 Å². The van der Waals surface area contributed by atoms with Crippen molar-refractivity contribution < 1.29 is 14.4 Å². The highest BCUT2D eigenvalue weighted by atomic mass is 16.2. The summed E-state index contributed by atoms with van der Waals surface area (Å²) in [5, 5.41) is 2.99. The molecule has 0 saturated heterocycles. The third-order valence-electron chi connectivity index (χ3n) is 5.45. The molecule has 1 atom stereocenters. The lowest BCUT2D eigenvalue weighted by molar-refractivity contribution is -0.126. The van der Waals surface area contributed by atoms with Crippen LogP contribution in [0.4, 0.5) is 0 Å². The monoisotopic (exact) mass is 413 g/mol. The first kappa shape index (κ1) is 20.5. The fourth-order valence-corrected chi connectivity index (χ4v) is 3.82. The summed E-state index contributed by atoms with van der Waals surface area (Å²) in [6.45, 7) is 3.68. The van der Waals surface area contributed by atoms with Gasteiger partial charge in [0.1, 0.15) is 6.04 Å². The van der Waals surface area contributed by atoms with Crippen molar-refractivity contribution in [3.8, 4) is 0 Å². The van der Waals surface area contributed by atoms with Gasteiger partial charge in [0.15, 0.2) is 0 Å². The van der Waals surface area contributed by atoms with Gasteiger partial charge in [-0.2, -0.15) is 0 Å². The quantitative estimate of drug-likeness (QED) is 0.629. The number of carbonyl (C=O) groups excluding carboxylic acids is 3. The SMILES string of the molecule is CC(C)(NC(=O)C(Cc1ccccc1)N1C(=O)c2ccccc2C1=O)c1ccccn1. The Morgan fingerprint density at radius 1 is 0.903 bits per heavy atom. The number of aromatic nitrogens is 1. The zero-order valence-corrected chi connectivity index (χ0v) is 17.4. The molecule has 6 nitrogen and oxygen atoms in total. The zero-order chi connectivity index (χ0) is 22.0. The van der Waals surface area contributed by atoms with Crippen LogP contribution in [0.15, 0.2) is 79.0 Å². The van der Waals surface area contributed by atoms with E-state index in [0.29, 0.717) is 16.8 Å². The minimum absolute atomic E-state index is 0.219. The summed E-state index contributed by atoms with van der Waals surface area (Å²) in [5.41, 5.74) is 1.40. The molecule has 1 unspecified atom stereocenters. The van der Waals surface area contributed by atoms with Gasteiger partial charge < -0.3 is 5.32 Å². The van der Waals surface area contributed by atoms with E-state index in [2.05, 4.69) is 10.3 Å². The van der Waals surface area contributed by atoms with E-state index in [0.717, 1.165) is 10.5 Å². The summed E-state index contributed by atoms with van der Waals surface area (Å²) in [6, 6.07) is 20.5. The Morgan fingerprint density at radius 2 is 1.48 bits per heavy atom. The second-order valence-electron chi connectivity index (χ2n) is 8.06. The van der Waals surface area contributed by atoms with Gasteiger partial charge in [-0.05, 0) is 43.7 Å². The van der Waals surface area contributed by atoms with Gasteiger partial charge in [-0.3, -0.25) is 24.3 Å². The first-order valence-corrected chi connectivity index (χ1v) is 10.1. The number of amides is 3. The number of benzene rings is 2. The lowest BCUT2D eigenvalue weighted by Gasteiger charge is -2.31. The Kier molecular flexibility index (Phi) is 5.38. The van der Waals surface area contributed by atoms with E-state index in [9.17, 15) is 14.4 Å². The standard InChI is InChI=1S/C25H23N3O3/c1-25(2,21-14-8-9-15-26-21)27-22(29)20(16-17-10-4-3-5-11-17)28-23(30)18-12-6-7-13-19(18)24(28)31/h3-15,20H,16H2,1-2H3,(H,27,29). The van der Waals surface area contributed by atoms with Gasteiger partial charge in [-0.1, -0.05) is 48.5 Å². The van der Waals surface area contributed by atoms with Crippen molar-refractivity contribution in [2.24, 2.45) is 0 Å². The average Bonchev–Trinajstić information content (AvgIpc) is 3.03. The molecule has 31 heavy (non-hydrogen) atoms. The Hall–Kier alpha value is -3.80. The third-order valence-corrected chi connectivity index (χ3v) is 5.45. The molecule has 4 rings (SSSR count). The van der Waals surface area contributed by atoms with Crippen molar-refractivity contribution in [3.05, 3.63) is 101 Å². The van der Waals surface area contributed by atoms with Gasteiger partial charge in [0, 0.05) is 12.6 Å². The molecular formula is C25H23N3O3. The average molecular weight is 413 g/mol. The molecule has 2 heterocycles. The summed E-state index contributed by atoms with van der Waals surface area (Å²) in [7, 11) is 0. The number of hydrogen-bond donors (Lipinski definition) is 1. The number of nitrogens with zero attached hydrogens (tertiary/aromatic N) is 2. The lowest BCUT2D eigenvalue weighted by atomic mass is 9.97. The second-order valence-corrected chi connectivity index (χ2v) is 8.06. The molecule has 0 aliphatic carbocycles. The molecule has 1 aromatic heterocycles. The van der Waals surface area contributed by atoms with Gasteiger partial charge in [-0.25, -0.2) is 0 Å². The smallest absolute Gasteiger partial charge is 0.262 e. The minimum Gasteiger partial charge on any atom is -0.344 e. The third kappa shape index (κ3) is 3.97. The summed E-state index contributed by atoms with van der Waals surface area (Å²) in [6.07, 6.45) is 1.88. The predicted octanol–water partition coefficient (Wildman–Crippen LogP) is 3.34. The summed E-state index contributed by atoms with van der Waals surface area (Å²) < 4.78 is 0. The Bertz CT molecular complexity index is 1090. The molecule has 0 radical (unpaired) electrons. The van der Waals surface area contributed by atoms with Crippen LogP contribution in [0.3, 0.4) is 0 Å². The number of carbonyl (C=O) groups is 3. The van der Waals surface area contributed by atoms with E-state index in [1.807, 2.05) is 56.3 Å². The van der Waals surface area contributed by atoms with Crippen LogP contribution in [0.2, 0.25) is 0 Å². The number of pyridine rings is 1. The van der Waals surface area contributed by atoms with E-state index in [1.54, 1.807) is 36.5 Å². The van der Waals surface area contributed by atoms with Gasteiger partial charge in [0.2, 0.25) is 5.91 Å². The first-order valence-electron chi connectivity index (χ1n) is 10.1. The van der Waals surface area contributed by atoms with Gasteiger partial charge in [-0.15, -0.1) is 0 Å². The summed E-state index contributed by atoms with van der Waals surface area (Å²) in [5.74, 6) is -1.31. The number of nitrogens with one attached hydrogen (secondary N) is 1. The van der Waals surface area contributed by atoms with Crippen LogP contribution in [0, 0.1) is 0 Å². The molecule has 156 valence electrons. The van der Waals surface area contributed by atoms with Crippen molar-refractivity contribution in [1.29, 1.82) is 0 Å². The van der Waals surface area contributed by atoms with Gasteiger partial charge >= 0.3 is 0 Å². The molecule has 0 saturated carbocycles. The fourth-order valence-electron chi connectivity index (χ4n) is 3.82. The lowest BCUT2D eigenvalue weighted by Crippen LogP contribution is -2.54. The highest BCUT2D eigenvalue weighted by Gasteiger charge is 2.43. The molecular weight excluding hydrogens is 390 g/mol. The van der Waals surface area contributed by atoms with Crippen molar-refractivity contribution in [2.75, 3.05) is 0 Å². The maximum absolute atomic E-state index is 13.5. The van der Waals surface area contributed by atoms with E-state index in [4.69, 9.17) is 0 Å². The fraction of sp³-hybridized carbons (Fsp3) is 0.200. The summed E-state index contributed by atoms with van der Waals surface area (Å²) in [4.78, 5) is 45.1. The van der Waals surface area contributed by atoms with Crippen LogP contribution in [0.25, 0.3) is 0 Å². The van der Waals surface area contributed by atoms with E-state index in [-0.39, 0.29) is 6.42 Å². The van der Waals surface area contributed by atoms with Crippen LogP contribution in [-0.4, -0.2) is 33.6 Å². The Morgan fingerprint density at radius 3 is 2.06 bits per heavy atom. The highest BCUT2D eigenvalue weighted by Crippen LogP contribution is 2.27. The zero-order valence-electron chi connectivity index (χ0n) is 17.4. The highest BCUT2D eigenvalue weighted by molar-refractivity contribution is 6.22. The maximum atomic E-state index is 13.5. The predicted molar refractivity (Wildman–Crippen MR) is 116 cm³/mol. The molecule has 1 aliphatic heterocycles. The van der Waals surface area contributed by atoms with E-state index < -0.39 is 29.3 Å². The second kappa shape index (κ2) is 8.14. The number of imide groups is 1. The van der Waals surface area contributed by atoms with E-state index in [1.165, 1.54) is 0 Å². The van der Waals surface area contributed by atoms with Crippen molar-refractivity contribution in [3.63, 3.8) is 0 Å². The van der Waals surface area contributed by atoms with Crippen molar-refractivity contribution >= 4 is 17.7 Å². The van der Waals surface area contributed by atoms with Gasteiger partial charge in [0.05, 0.1) is 22.4 Å². The van der Waals surface area contributed by atoms with Crippen LogP contribution in [0.5, 0.6) is 0 Å². The Labute approximate surface area is 180 Å². The molecule has 3 amide bonds. The topological polar surface area (TPSA) is 79.4 Å².